The Balaban J connectivity index is 2.16. The van der Waals surface area contributed by atoms with Crippen LogP contribution >= 0.6 is 15.9 Å². The summed E-state index contributed by atoms with van der Waals surface area (Å²) >= 11 is 3.05. The van der Waals surface area contributed by atoms with Crippen molar-refractivity contribution >= 4 is 22.0 Å². The van der Waals surface area contributed by atoms with Gasteiger partial charge in [0.05, 0.1) is 10.9 Å². The van der Waals surface area contributed by atoms with Crippen molar-refractivity contribution in [2.24, 2.45) is 0 Å². The summed E-state index contributed by atoms with van der Waals surface area (Å²) in [5.74, 6) is -0.692. The van der Waals surface area contributed by atoms with Gasteiger partial charge in [0.15, 0.2) is 0 Å². The zero-order chi connectivity index (χ0) is 21.1. The number of hydrogen-bond donors (Lipinski definition) is 1. The monoisotopic (exact) mass is 468 g/mol. The van der Waals surface area contributed by atoms with Crippen LogP contribution in [0.2, 0.25) is 0 Å². The van der Waals surface area contributed by atoms with E-state index >= 15 is 0 Å². The van der Waals surface area contributed by atoms with Crippen LogP contribution in [0, 0.1) is 5.82 Å². The van der Waals surface area contributed by atoms with Gasteiger partial charge in [-0.2, -0.15) is 13.2 Å². The first-order valence-electron chi connectivity index (χ1n) is 9.10. The number of hydrogen-bond acceptors (Lipinski definition) is 3. The van der Waals surface area contributed by atoms with Gasteiger partial charge in [-0.25, -0.2) is 9.18 Å². The number of nitrogens with zero attached hydrogens (tertiary/aromatic N) is 1. The number of halogens is 5. The van der Waals surface area contributed by atoms with Gasteiger partial charge in [-0.15, -0.1) is 0 Å². The van der Waals surface area contributed by atoms with Crippen molar-refractivity contribution in [1.82, 2.24) is 10.2 Å². The second kappa shape index (κ2) is 8.98. The highest BCUT2D eigenvalue weighted by atomic mass is 79.9. The highest BCUT2D eigenvalue weighted by Crippen LogP contribution is 2.41. The smallest absolute Gasteiger partial charge is 0.407 e. The minimum Gasteiger partial charge on any atom is -0.444 e. The third-order valence-corrected chi connectivity index (χ3v) is 4.83. The van der Waals surface area contributed by atoms with Crippen molar-refractivity contribution in [3.63, 3.8) is 0 Å². The zero-order valence-electron chi connectivity index (χ0n) is 16.1. The molecule has 1 aromatic carbocycles. The molecule has 1 aliphatic rings. The molecular formula is C19H25BrF4N2O2. The first-order valence-corrected chi connectivity index (χ1v) is 9.90. The average molecular weight is 469 g/mol. The van der Waals surface area contributed by atoms with Crippen LogP contribution in [0.25, 0.3) is 0 Å². The van der Waals surface area contributed by atoms with Gasteiger partial charge in [-0.1, -0.05) is 12.1 Å². The lowest BCUT2D eigenvalue weighted by Gasteiger charge is -2.33. The number of carbonyl (C=O) groups is 1. The van der Waals surface area contributed by atoms with Gasteiger partial charge in [-0.05, 0) is 55.6 Å². The van der Waals surface area contributed by atoms with E-state index in [9.17, 15) is 22.4 Å². The van der Waals surface area contributed by atoms with Gasteiger partial charge in [0.2, 0.25) is 0 Å². The molecule has 1 N–H and O–H groups in total. The molecule has 0 aromatic heterocycles. The van der Waals surface area contributed by atoms with E-state index in [0.717, 1.165) is 12.8 Å². The second-order valence-corrected chi connectivity index (χ2v) is 8.73. The van der Waals surface area contributed by atoms with Crippen molar-refractivity contribution < 1.29 is 27.1 Å². The zero-order valence-corrected chi connectivity index (χ0v) is 17.7. The van der Waals surface area contributed by atoms with Crippen LogP contribution in [0.5, 0.6) is 0 Å². The lowest BCUT2D eigenvalue weighted by Crippen LogP contribution is -2.41. The van der Waals surface area contributed by atoms with Gasteiger partial charge in [0.1, 0.15) is 11.4 Å². The molecular weight excluding hydrogens is 444 g/mol. The topological polar surface area (TPSA) is 41.6 Å². The molecule has 1 saturated carbocycles. The minimum absolute atomic E-state index is 0.00383. The average Bonchev–Trinajstić information content (AvgIpc) is 3.34. The third-order valence-electron chi connectivity index (χ3n) is 4.22. The number of carbonyl (C=O) groups excluding carboxylic acids is 1. The van der Waals surface area contributed by atoms with Crippen LogP contribution in [0.3, 0.4) is 0 Å². The van der Waals surface area contributed by atoms with E-state index in [2.05, 4.69) is 21.2 Å². The van der Waals surface area contributed by atoms with Crippen molar-refractivity contribution in [1.29, 1.82) is 0 Å². The number of benzene rings is 1. The Kier molecular flexibility index (Phi) is 7.36. The number of amides is 1. The van der Waals surface area contributed by atoms with Crippen LogP contribution in [-0.4, -0.2) is 41.9 Å². The fourth-order valence-electron chi connectivity index (χ4n) is 3.00. The van der Waals surface area contributed by atoms with Gasteiger partial charge in [0.25, 0.3) is 0 Å². The maximum absolute atomic E-state index is 14.6. The summed E-state index contributed by atoms with van der Waals surface area (Å²) < 4.78 is 59.6. The van der Waals surface area contributed by atoms with Crippen LogP contribution < -0.4 is 5.32 Å². The maximum Gasteiger partial charge on any atom is 0.407 e. The molecule has 0 bridgehead atoms. The Bertz CT molecular complexity index is 687. The SMILES string of the molecule is CC(C)(C)OC(=O)NCCN(C1CC1)C(CC(F)(F)F)c1cccc(Br)c1F. The first-order chi connectivity index (χ1) is 12.9. The molecule has 0 heterocycles. The second-order valence-electron chi connectivity index (χ2n) is 7.88. The van der Waals surface area contributed by atoms with Gasteiger partial charge < -0.3 is 10.1 Å². The number of ether oxygens (including phenoxy) is 1. The molecule has 9 heteroatoms. The van der Waals surface area contributed by atoms with E-state index < -0.39 is 36.2 Å². The predicted molar refractivity (Wildman–Crippen MR) is 101 cm³/mol. The molecule has 1 amide bonds. The summed E-state index contributed by atoms with van der Waals surface area (Å²) in [4.78, 5) is 13.4. The third kappa shape index (κ3) is 7.24. The van der Waals surface area contributed by atoms with Crippen molar-refractivity contribution in [2.45, 2.75) is 63.9 Å². The number of alkyl carbamates (subject to hydrolysis) is 1. The number of alkyl halides is 3. The lowest BCUT2D eigenvalue weighted by atomic mass is 10.0. The predicted octanol–water partition coefficient (Wildman–Crippen LogP) is 5.57. The Labute approximate surface area is 170 Å². The molecule has 28 heavy (non-hydrogen) atoms. The van der Waals surface area contributed by atoms with Crippen LogP contribution in [-0.2, 0) is 4.74 Å². The Hall–Kier alpha value is -1.35. The molecule has 0 spiro atoms. The molecule has 1 aromatic rings. The van der Waals surface area contributed by atoms with E-state index in [0.29, 0.717) is 0 Å². The highest BCUT2D eigenvalue weighted by molar-refractivity contribution is 9.10. The number of nitrogens with one attached hydrogen (secondary N) is 1. The number of rotatable bonds is 7. The first kappa shape index (κ1) is 22.9. The van der Waals surface area contributed by atoms with Crippen molar-refractivity contribution in [3.05, 3.63) is 34.1 Å². The summed E-state index contributed by atoms with van der Waals surface area (Å²) in [6.07, 6.45) is -4.76. The maximum atomic E-state index is 14.6. The summed E-state index contributed by atoms with van der Waals surface area (Å²) in [5.41, 5.74) is -0.672. The largest absolute Gasteiger partial charge is 0.444 e. The van der Waals surface area contributed by atoms with Crippen LogP contribution in [0.1, 0.15) is 51.6 Å². The van der Waals surface area contributed by atoms with E-state index in [4.69, 9.17) is 4.74 Å². The molecule has 1 atom stereocenters. The molecule has 0 aliphatic heterocycles. The van der Waals surface area contributed by atoms with E-state index in [1.807, 2.05) is 0 Å². The van der Waals surface area contributed by atoms with Gasteiger partial charge >= 0.3 is 12.3 Å². The normalized spacial score (nSPS) is 16.2. The van der Waals surface area contributed by atoms with Crippen molar-refractivity contribution in [2.75, 3.05) is 13.1 Å². The molecule has 2 rings (SSSR count). The Morgan fingerprint density at radius 1 is 1.32 bits per heavy atom. The highest BCUT2D eigenvalue weighted by Gasteiger charge is 2.41. The molecule has 158 valence electrons. The molecule has 1 unspecified atom stereocenters. The molecule has 1 aliphatic carbocycles. The summed E-state index contributed by atoms with van der Waals surface area (Å²) in [6.45, 7) is 5.43. The Morgan fingerprint density at radius 2 is 1.96 bits per heavy atom. The minimum atomic E-state index is -4.45. The van der Waals surface area contributed by atoms with Gasteiger partial charge in [-0.3, -0.25) is 4.90 Å². The van der Waals surface area contributed by atoms with Crippen LogP contribution in [0.4, 0.5) is 22.4 Å². The van der Waals surface area contributed by atoms with Gasteiger partial charge in [0, 0.05) is 30.7 Å². The van der Waals surface area contributed by atoms with Crippen LogP contribution in [0.15, 0.2) is 22.7 Å². The summed E-state index contributed by atoms with van der Waals surface area (Å²) in [6, 6.07) is 3.13. The fraction of sp³-hybridized carbons (Fsp3) is 0.632. The summed E-state index contributed by atoms with van der Waals surface area (Å²) in [5, 5.41) is 2.56. The quantitative estimate of drug-likeness (QED) is 0.531. The molecule has 4 nitrogen and oxygen atoms in total. The van der Waals surface area contributed by atoms with Crippen molar-refractivity contribution in [3.8, 4) is 0 Å². The summed E-state index contributed by atoms with van der Waals surface area (Å²) in [7, 11) is 0. The standard InChI is InChI=1S/C19H25BrF4N2O2/c1-18(2,3)28-17(27)25-9-10-26(12-7-8-12)15(11-19(22,23)24)13-5-4-6-14(20)16(13)21/h4-6,12,15H,7-11H2,1-3H3,(H,25,27). The Morgan fingerprint density at radius 3 is 2.50 bits per heavy atom. The fourth-order valence-corrected chi connectivity index (χ4v) is 3.38. The van der Waals surface area contributed by atoms with E-state index in [1.54, 1.807) is 25.7 Å². The lowest BCUT2D eigenvalue weighted by molar-refractivity contribution is -0.149. The van der Waals surface area contributed by atoms with E-state index in [-0.39, 0.29) is 29.2 Å². The van der Waals surface area contributed by atoms with E-state index in [1.165, 1.54) is 18.2 Å². The molecule has 1 fully saturated rings. The molecule has 0 radical (unpaired) electrons. The molecule has 0 saturated heterocycles.